The first-order valence-electron chi connectivity index (χ1n) is 7.87. The van der Waals surface area contributed by atoms with Crippen LogP contribution in [-0.2, 0) is 4.79 Å². The number of amides is 1. The van der Waals surface area contributed by atoms with Crippen LogP contribution in [0.2, 0.25) is 0 Å². The highest BCUT2D eigenvalue weighted by Gasteiger charge is 2.46. The number of carbonyl (C=O) groups is 1. The van der Waals surface area contributed by atoms with Gasteiger partial charge in [0, 0.05) is 34.5 Å². The van der Waals surface area contributed by atoms with Crippen molar-refractivity contribution in [2.75, 3.05) is 5.32 Å². The van der Waals surface area contributed by atoms with E-state index >= 15 is 0 Å². The number of rotatable bonds is 4. The minimum Gasteiger partial charge on any atom is -0.300 e. The highest BCUT2D eigenvalue weighted by molar-refractivity contribution is 7.10. The third-order valence-electron chi connectivity index (χ3n) is 4.26. The van der Waals surface area contributed by atoms with Crippen LogP contribution in [0.4, 0.5) is 18.3 Å². The van der Waals surface area contributed by atoms with Gasteiger partial charge in [-0.1, -0.05) is 6.07 Å². The maximum Gasteiger partial charge on any atom is 0.229 e. The molecule has 0 radical (unpaired) electrons. The standard InChI is InChI=1S/C18H12F3N3OS/c19-10-6-4-9(5-7-10)16-22-18(26-24-16)23-17(25)12-8-11(12)15-13(20)2-1-3-14(15)21/h1-7,11-12H,8H2,(H,22,23,24,25). The first-order chi connectivity index (χ1) is 12.5. The fraction of sp³-hybridized carbons (Fsp3) is 0.167. The Balaban J connectivity index is 1.44. The van der Waals surface area contributed by atoms with Crippen LogP contribution in [-0.4, -0.2) is 15.3 Å². The lowest BCUT2D eigenvalue weighted by molar-refractivity contribution is -0.117. The molecule has 1 N–H and O–H groups in total. The molecule has 1 heterocycles. The highest BCUT2D eigenvalue weighted by atomic mass is 32.1. The molecule has 1 aliphatic carbocycles. The van der Waals surface area contributed by atoms with Gasteiger partial charge < -0.3 is 5.32 Å². The number of halogens is 3. The summed E-state index contributed by atoms with van der Waals surface area (Å²) in [4.78, 5) is 16.5. The van der Waals surface area contributed by atoms with Crippen LogP contribution >= 0.6 is 11.5 Å². The minimum atomic E-state index is -0.639. The second kappa shape index (κ2) is 6.53. The quantitative estimate of drug-likeness (QED) is 0.737. The molecule has 2 atom stereocenters. The Morgan fingerprint density at radius 3 is 2.46 bits per heavy atom. The van der Waals surface area contributed by atoms with Gasteiger partial charge in [0.05, 0.1) is 0 Å². The predicted molar refractivity (Wildman–Crippen MR) is 91.1 cm³/mol. The van der Waals surface area contributed by atoms with Crippen molar-refractivity contribution in [3.63, 3.8) is 0 Å². The van der Waals surface area contributed by atoms with Crippen molar-refractivity contribution < 1.29 is 18.0 Å². The molecular formula is C18H12F3N3OS. The average molecular weight is 375 g/mol. The van der Waals surface area contributed by atoms with E-state index in [9.17, 15) is 18.0 Å². The second-order valence-corrected chi connectivity index (χ2v) is 6.76. The number of nitrogens with one attached hydrogen (secondary N) is 1. The zero-order valence-corrected chi connectivity index (χ0v) is 14.1. The molecule has 1 aliphatic rings. The van der Waals surface area contributed by atoms with Gasteiger partial charge in [-0.3, -0.25) is 4.79 Å². The van der Waals surface area contributed by atoms with Crippen molar-refractivity contribution >= 4 is 22.6 Å². The summed E-state index contributed by atoms with van der Waals surface area (Å²) < 4.78 is 44.7. The van der Waals surface area contributed by atoms with E-state index in [0.717, 1.165) is 11.5 Å². The van der Waals surface area contributed by atoms with Gasteiger partial charge in [-0.2, -0.15) is 9.36 Å². The molecule has 0 aliphatic heterocycles. The molecule has 0 saturated heterocycles. The van der Waals surface area contributed by atoms with Crippen LogP contribution in [0.5, 0.6) is 0 Å². The molecule has 26 heavy (non-hydrogen) atoms. The Kier molecular flexibility index (Phi) is 4.20. The molecule has 4 nitrogen and oxygen atoms in total. The van der Waals surface area contributed by atoms with Crippen molar-refractivity contribution in [1.29, 1.82) is 0 Å². The van der Waals surface area contributed by atoms with E-state index < -0.39 is 23.5 Å². The van der Waals surface area contributed by atoms with Crippen LogP contribution in [0.3, 0.4) is 0 Å². The third kappa shape index (κ3) is 3.20. The average Bonchev–Trinajstić information content (AvgIpc) is 3.26. The topological polar surface area (TPSA) is 54.9 Å². The van der Waals surface area contributed by atoms with Gasteiger partial charge in [-0.25, -0.2) is 13.2 Å². The van der Waals surface area contributed by atoms with Crippen LogP contribution in [0.15, 0.2) is 42.5 Å². The number of carbonyl (C=O) groups excluding carboxylic acids is 1. The van der Waals surface area contributed by atoms with Gasteiger partial charge in [-0.15, -0.1) is 0 Å². The van der Waals surface area contributed by atoms with Crippen molar-refractivity contribution in [1.82, 2.24) is 9.36 Å². The SMILES string of the molecule is O=C(Nc1nc(-c2ccc(F)cc2)ns1)C1CC1c1c(F)cccc1F. The predicted octanol–water partition coefficient (Wildman–Crippen LogP) is 4.36. The Labute approximate surface area is 150 Å². The first kappa shape index (κ1) is 16.7. The molecule has 2 unspecified atom stereocenters. The molecular weight excluding hydrogens is 363 g/mol. The van der Waals surface area contributed by atoms with E-state index in [1.54, 1.807) is 12.1 Å². The first-order valence-corrected chi connectivity index (χ1v) is 8.64. The van der Waals surface area contributed by atoms with Gasteiger partial charge in [0.15, 0.2) is 5.82 Å². The van der Waals surface area contributed by atoms with E-state index in [-0.39, 0.29) is 22.4 Å². The molecule has 132 valence electrons. The molecule has 1 saturated carbocycles. The molecule has 4 rings (SSSR count). The third-order valence-corrected chi connectivity index (χ3v) is 4.89. The lowest BCUT2D eigenvalue weighted by atomic mass is 10.1. The van der Waals surface area contributed by atoms with E-state index in [1.165, 1.54) is 30.3 Å². The molecule has 0 spiro atoms. The number of benzene rings is 2. The van der Waals surface area contributed by atoms with Crippen molar-refractivity contribution in [2.24, 2.45) is 5.92 Å². The van der Waals surface area contributed by atoms with E-state index in [2.05, 4.69) is 14.7 Å². The lowest BCUT2D eigenvalue weighted by Crippen LogP contribution is -2.14. The van der Waals surface area contributed by atoms with Gasteiger partial charge in [-0.05, 0) is 42.8 Å². The zero-order chi connectivity index (χ0) is 18.3. The normalized spacial score (nSPS) is 18.6. The maximum absolute atomic E-state index is 13.8. The van der Waals surface area contributed by atoms with E-state index in [1.807, 2.05) is 0 Å². The smallest absolute Gasteiger partial charge is 0.229 e. The summed E-state index contributed by atoms with van der Waals surface area (Å²) in [7, 11) is 0. The van der Waals surface area contributed by atoms with E-state index in [4.69, 9.17) is 0 Å². The molecule has 1 aromatic heterocycles. The molecule has 1 amide bonds. The van der Waals surface area contributed by atoms with Gasteiger partial charge in [0.1, 0.15) is 17.5 Å². The largest absolute Gasteiger partial charge is 0.300 e. The minimum absolute atomic E-state index is 0.0445. The van der Waals surface area contributed by atoms with Gasteiger partial charge in [0.25, 0.3) is 0 Å². The summed E-state index contributed by atoms with van der Waals surface area (Å²) >= 11 is 0.990. The van der Waals surface area contributed by atoms with Crippen molar-refractivity contribution in [3.8, 4) is 11.4 Å². The summed E-state index contributed by atoms with van der Waals surface area (Å²) in [6.07, 6.45) is 0.382. The van der Waals surface area contributed by atoms with Gasteiger partial charge in [0.2, 0.25) is 11.0 Å². The second-order valence-electron chi connectivity index (χ2n) is 6.00. The van der Waals surface area contributed by atoms with Crippen molar-refractivity contribution in [2.45, 2.75) is 12.3 Å². The van der Waals surface area contributed by atoms with Crippen molar-refractivity contribution in [3.05, 3.63) is 65.5 Å². The summed E-state index contributed by atoms with van der Waals surface area (Å²) in [5.41, 5.74) is 0.581. The van der Waals surface area contributed by atoms with Crippen LogP contribution in [0.25, 0.3) is 11.4 Å². The fourth-order valence-corrected chi connectivity index (χ4v) is 3.45. The van der Waals surface area contributed by atoms with Crippen LogP contribution < -0.4 is 5.32 Å². The number of aromatic nitrogens is 2. The lowest BCUT2D eigenvalue weighted by Gasteiger charge is -2.04. The number of hydrogen-bond donors (Lipinski definition) is 1. The van der Waals surface area contributed by atoms with E-state index in [0.29, 0.717) is 17.8 Å². The Morgan fingerprint density at radius 2 is 1.77 bits per heavy atom. The summed E-state index contributed by atoms with van der Waals surface area (Å²) in [6.45, 7) is 0. The number of nitrogens with zero attached hydrogens (tertiary/aromatic N) is 2. The fourth-order valence-electron chi connectivity index (χ4n) is 2.86. The molecule has 1 fully saturated rings. The highest BCUT2D eigenvalue weighted by Crippen LogP contribution is 2.49. The number of anilines is 1. The summed E-state index contributed by atoms with van der Waals surface area (Å²) in [5, 5.41) is 2.92. The zero-order valence-electron chi connectivity index (χ0n) is 13.2. The Morgan fingerprint density at radius 1 is 1.08 bits per heavy atom. The molecule has 3 aromatic rings. The van der Waals surface area contributed by atoms with Crippen LogP contribution in [0.1, 0.15) is 17.9 Å². The summed E-state index contributed by atoms with van der Waals surface area (Å²) in [6, 6.07) is 9.35. The Hall–Kier alpha value is -2.74. The molecule has 0 bridgehead atoms. The maximum atomic E-state index is 13.8. The van der Waals surface area contributed by atoms with Gasteiger partial charge >= 0.3 is 0 Å². The monoisotopic (exact) mass is 375 g/mol. The molecule has 2 aromatic carbocycles. The molecule has 8 heteroatoms. The summed E-state index contributed by atoms with van der Waals surface area (Å²) in [5.74, 6) is -2.59. The Bertz CT molecular complexity index is 954. The van der Waals surface area contributed by atoms with Crippen LogP contribution in [0, 0.1) is 23.4 Å². The number of hydrogen-bond acceptors (Lipinski definition) is 4.